The molecule has 2 atom stereocenters. The molecule has 1 saturated heterocycles. The van der Waals surface area contributed by atoms with E-state index in [9.17, 15) is 14.7 Å². The van der Waals surface area contributed by atoms with Gasteiger partial charge in [0, 0.05) is 25.0 Å². The first-order valence-electron chi connectivity index (χ1n) is 7.20. The molecule has 5 nitrogen and oxygen atoms in total. The Hall–Kier alpha value is -1.56. The number of aliphatic carboxylic acids is 1. The molecule has 6 heteroatoms. The third-order valence-corrected chi connectivity index (χ3v) is 5.63. The maximum absolute atomic E-state index is 12.6. The lowest BCUT2D eigenvalue weighted by Gasteiger charge is -2.30. The number of amides is 2. The van der Waals surface area contributed by atoms with Gasteiger partial charge >= 0.3 is 12.0 Å². The van der Waals surface area contributed by atoms with E-state index in [2.05, 4.69) is 0 Å². The van der Waals surface area contributed by atoms with Gasteiger partial charge in [-0.1, -0.05) is 13.0 Å². The molecular weight excluding hydrogens is 288 g/mol. The molecule has 0 bridgehead atoms. The first-order valence-corrected chi connectivity index (χ1v) is 8.08. The number of hydrogen-bond acceptors (Lipinski definition) is 3. The van der Waals surface area contributed by atoms with Crippen molar-refractivity contribution >= 4 is 23.3 Å². The third kappa shape index (κ3) is 2.90. The van der Waals surface area contributed by atoms with Crippen LogP contribution in [-0.2, 0) is 4.79 Å². The maximum Gasteiger partial charge on any atom is 0.320 e. The summed E-state index contributed by atoms with van der Waals surface area (Å²) in [4.78, 5) is 28.5. The van der Waals surface area contributed by atoms with Crippen molar-refractivity contribution in [2.24, 2.45) is 5.41 Å². The van der Waals surface area contributed by atoms with Gasteiger partial charge in [0.1, 0.15) is 0 Å². The predicted octanol–water partition coefficient (Wildman–Crippen LogP) is 3.05. The van der Waals surface area contributed by atoms with E-state index in [4.69, 9.17) is 0 Å². The van der Waals surface area contributed by atoms with Crippen molar-refractivity contribution in [2.75, 3.05) is 20.1 Å². The molecule has 0 spiro atoms. The van der Waals surface area contributed by atoms with Gasteiger partial charge in [0.05, 0.1) is 11.5 Å². The Balaban J connectivity index is 2.06. The Bertz CT molecular complexity index is 517. The van der Waals surface area contributed by atoms with Gasteiger partial charge in [-0.25, -0.2) is 4.79 Å². The van der Waals surface area contributed by atoms with Crippen molar-refractivity contribution in [3.63, 3.8) is 0 Å². The highest BCUT2D eigenvalue weighted by Gasteiger charge is 2.45. The average molecular weight is 310 g/mol. The first-order chi connectivity index (χ1) is 9.91. The smallest absolute Gasteiger partial charge is 0.320 e. The fourth-order valence-electron chi connectivity index (χ4n) is 2.76. The molecule has 0 aromatic carbocycles. The first kappa shape index (κ1) is 15.8. The van der Waals surface area contributed by atoms with Gasteiger partial charge in [0.15, 0.2) is 0 Å². The quantitative estimate of drug-likeness (QED) is 0.930. The summed E-state index contributed by atoms with van der Waals surface area (Å²) in [6, 6.07) is 3.89. The molecule has 1 aromatic heterocycles. The van der Waals surface area contributed by atoms with Crippen LogP contribution >= 0.6 is 11.3 Å². The van der Waals surface area contributed by atoms with Crippen molar-refractivity contribution < 1.29 is 14.7 Å². The summed E-state index contributed by atoms with van der Waals surface area (Å²) < 4.78 is 0. The Morgan fingerprint density at radius 3 is 2.76 bits per heavy atom. The molecule has 1 aliphatic rings. The van der Waals surface area contributed by atoms with Crippen LogP contribution in [0.1, 0.15) is 37.6 Å². The highest BCUT2D eigenvalue weighted by molar-refractivity contribution is 7.10. The van der Waals surface area contributed by atoms with E-state index in [0.29, 0.717) is 25.9 Å². The second kappa shape index (κ2) is 6.05. The molecule has 2 amide bonds. The summed E-state index contributed by atoms with van der Waals surface area (Å²) in [6.45, 7) is 4.68. The number of carbonyl (C=O) groups excluding carboxylic acids is 1. The molecule has 0 saturated carbocycles. The van der Waals surface area contributed by atoms with Gasteiger partial charge in [0.25, 0.3) is 0 Å². The van der Waals surface area contributed by atoms with Crippen molar-refractivity contribution in [3.05, 3.63) is 22.4 Å². The van der Waals surface area contributed by atoms with Crippen molar-refractivity contribution in [1.82, 2.24) is 9.80 Å². The largest absolute Gasteiger partial charge is 0.481 e. The topological polar surface area (TPSA) is 60.9 Å². The van der Waals surface area contributed by atoms with Gasteiger partial charge < -0.3 is 14.9 Å². The summed E-state index contributed by atoms with van der Waals surface area (Å²) >= 11 is 1.62. The number of likely N-dealkylation sites (tertiary alicyclic amines) is 1. The molecule has 21 heavy (non-hydrogen) atoms. The van der Waals surface area contributed by atoms with Crippen molar-refractivity contribution in [1.29, 1.82) is 0 Å². The summed E-state index contributed by atoms with van der Waals surface area (Å²) in [5.41, 5.74) is -0.775. The minimum atomic E-state index is -0.797. The molecule has 2 unspecified atom stereocenters. The third-order valence-electron chi connectivity index (χ3n) is 4.59. The van der Waals surface area contributed by atoms with Crippen LogP contribution in [0.5, 0.6) is 0 Å². The second-order valence-electron chi connectivity index (χ2n) is 5.70. The molecule has 1 N–H and O–H groups in total. The minimum Gasteiger partial charge on any atom is -0.481 e. The van der Waals surface area contributed by atoms with E-state index in [1.165, 1.54) is 0 Å². The fourth-order valence-corrected chi connectivity index (χ4v) is 3.59. The molecular formula is C15H22N2O3S. The standard InChI is InChI=1S/C15H22N2O3S/c1-4-15(13(18)19)7-8-17(10-15)14(20)16(3)11(2)12-6-5-9-21-12/h5-6,9,11H,4,7-8,10H2,1-3H3,(H,18,19). The van der Waals surface area contributed by atoms with Crippen LogP contribution < -0.4 is 0 Å². The summed E-state index contributed by atoms with van der Waals surface area (Å²) in [7, 11) is 1.78. The van der Waals surface area contributed by atoms with Crippen LogP contribution in [0, 0.1) is 5.41 Å². The van der Waals surface area contributed by atoms with Crippen molar-refractivity contribution in [3.8, 4) is 0 Å². The predicted molar refractivity (Wildman–Crippen MR) is 82.4 cm³/mol. The Kier molecular flexibility index (Phi) is 4.56. The molecule has 1 aliphatic heterocycles. The number of carboxylic acid groups (broad SMARTS) is 1. The lowest BCUT2D eigenvalue weighted by molar-refractivity contribution is -0.148. The van der Waals surface area contributed by atoms with Gasteiger partial charge in [-0.15, -0.1) is 11.3 Å². The number of hydrogen-bond donors (Lipinski definition) is 1. The molecule has 0 aliphatic carbocycles. The van der Waals surface area contributed by atoms with Gasteiger partial charge in [-0.05, 0) is 31.2 Å². The Morgan fingerprint density at radius 2 is 2.29 bits per heavy atom. The molecule has 116 valence electrons. The normalized spacial score (nSPS) is 23.1. The zero-order chi connectivity index (χ0) is 15.6. The maximum atomic E-state index is 12.6. The zero-order valence-corrected chi connectivity index (χ0v) is 13.5. The van der Waals surface area contributed by atoms with Crippen LogP contribution in [0.15, 0.2) is 17.5 Å². The molecule has 2 heterocycles. The molecule has 0 radical (unpaired) electrons. The molecule has 1 aromatic rings. The summed E-state index contributed by atoms with van der Waals surface area (Å²) in [5.74, 6) is -0.797. The van der Waals surface area contributed by atoms with Crippen LogP contribution in [-0.4, -0.2) is 47.0 Å². The fraction of sp³-hybridized carbons (Fsp3) is 0.600. The van der Waals surface area contributed by atoms with Gasteiger partial charge in [-0.3, -0.25) is 4.79 Å². The highest BCUT2D eigenvalue weighted by Crippen LogP contribution is 2.35. The van der Waals surface area contributed by atoms with E-state index < -0.39 is 11.4 Å². The number of urea groups is 1. The summed E-state index contributed by atoms with van der Waals surface area (Å²) in [6.07, 6.45) is 1.09. The van der Waals surface area contributed by atoms with Crippen LogP contribution in [0.3, 0.4) is 0 Å². The van der Waals surface area contributed by atoms with Crippen LogP contribution in [0.2, 0.25) is 0 Å². The Labute approximate surface area is 129 Å². The SMILES string of the molecule is CCC1(C(=O)O)CCN(C(=O)N(C)C(C)c2cccs2)C1. The van der Waals surface area contributed by atoms with E-state index in [1.807, 2.05) is 31.4 Å². The molecule has 2 rings (SSSR count). The lowest BCUT2D eigenvalue weighted by atomic mass is 9.84. The Morgan fingerprint density at radius 1 is 1.57 bits per heavy atom. The van der Waals surface area contributed by atoms with E-state index in [1.54, 1.807) is 28.2 Å². The second-order valence-corrected chi connectivity index (χ2v) is 6.67. The van der Waals surface area contributed by atoms with Gasteiger partial charge in [-0.2, -0.15) is 0 Å². The number of carbonyl (C=O) groups is 2. The highest BCUT2D eigenvalue weighted by atomic mass is 32.1. The number of carboxylic acids is 1. The lowest BCUT2D eigenvalue weighted by Crippen LogP contribution is -2.43. The van der Waals surface area contributed by atoms with E-state index in [-0.39, 0.29) is 12.1 Å². The molecule has 1 fully saturated rings. The van der Waals surface area contributed by atoms with E-state index in [0.717, 1.165) is 4.88 Å². The monoisotopic (exact) mass is 310 g/mol. The number of rotatable bonds is 4. The van der Waals surface area contributed by atoms with Crippen molar-refractivity contribution in [2.45, 2.75) is 32.7 Å². The minimum absolute atomic E-state index is 0.000968. The van der Waals surface area contributed by atoms with Gasteiger partial charge in [0.2, 0.25) is 0 Å². The zero-order valence-electron chi connectivity index (χ0n) is 12.7. The number of nitrogens with zero attached hydrogens (tertiary/aromatic N) is 2. The summed E-state index contributed by atoms with van der Waals surface area (Å²) in [5, 5.41) is 11.4. The van der Waals surface area contributed by atoms with E-state index >= 15 is 0 Å². The number of thiophene rings is 1. The van der Waals surface area contributed by atoms with Crippen LogP contribution in [0.4, 0.5) is 4.79 Å². The average Bonchev–Trinajstić information content (AvgIpc) is 3.14. The van der Waals surface area contributed by atoms with Crippen LogP contribution in [0.25, 0.3) is 0 Å².